The topological polar surface area (TPSA) is 57.1 Å². The zero-order chi connectivity index (χ0) is 14.1. The maximum atomic E-state index is 5.94. The molecule has 128 valence electrons. The Hall–Kier alpha value is -1.01. The Morgan fingerprint density at radius 3 is 2.70 bits per heavy atom. The standard InChI is InChI=1S/C16H22N4O.2ClH/c1-2-15(14-3-7-18-19-14)21-13(1)11-20-10-6-16(12-20)4-8-17-9-5-16;;/h1-3,7,17H,4-6,8-12H2,(H,18,19);2*1H. The predicted octanol–water partition coefficient (Wildman–Crippen LogP) is 3.09. The molecule has 0 bridgehead atoms. The summed E-state index contributed by atoms with van der Waals surface area (Å²) in [4.78, 5) is 2.54. The first-order valence-electron chi connectivity index (χ1n) is 7.85. The van der Waals surface area contributed by atoms with Crippen molar-refractivity contribution in [3.63, 3.8) is 0 Å². The van der Waals surface area contributed by atoms with Crippen molar-refractivity contribution in [3.05, 3.63) is 30.2 Å². The van der Waals surface area contributed by atoms with E-state index in [9.17, 15) is 0 Å². The lowest BCUT2D eigenvalue weighted by Gasteiger charge is -2.33. The van der Waals surface area contributed by atoms with Gasteiger partial charge in [0.1, 0.15) is 11.5 Å². The molecule has 2 fully saturated rings. The second kappa shape index (κ2) is 7.71. The summed E-state index contributed by atoms with van der Waals surface area (Å²) in [5, 5.41) is 10.4. The molecule has 2 aromatic rings. The minimum atomic E-state index is 0. The first-order chi connectivity index (χ1) is 10.3. The second-order valence-electron chi connectivity index (χ2n) is 6.45. The van der Waals surface area contributed by atoms with E-state index < -0.39 is 0 Å². The molecule has 2 aliphatic heterocycles. The number of hydrogen-bond donors (Lipinski definition) is 2. The molecule has 0 unspecified atom stereocenters. The Morgan fingerprint density at radius 1 is 1.13 bits per heavy atom. The molecule has 5 nitrogen and oxygen atoms in total. The lowest BCUT2D eigenvalue weighted by atomic mass is 9.78. The quantitative estimate of drug-likeness (QED) is 0.884. The van der Waals surface area contributed by atoms with E-state index in [0.29, 0.717) is 5.41 Å². The average molecular weight is 359 g/mol. The van der Waals surface area contributed by atoms with Gasteiger partial charge >= 0.3 is 0 Å². The van der Waals surface area contributed by atoms with Gasteiger partial charge in [-0.05, 0) is 62.5 Å². The summed E-state index contributed by atoms with van der Waals surface area (Å²) in [5.74, 6) is 1.92. The first-order valence-corrected chi connectivity index (χ1v) is 7.85. The van der Waals surface area contributed by atoms with Gasteiger partial charge in [-0.2, -0.15) is 5.10 Å². The third-order valence-electron chi connectivity index (χ3n) is 4.99. The van der Waals surface area contributed by atoms with Crippen LogP contribution in [0.3, 0.4) is 0 Å². The molecule has 7 heteroatoms. The van der Waals surface area contributed by atoms with E-state index in [1.807, 2.05) is 12.1 Å². The van der Waals surface area contributed by atoms with E-state index in [0.717, 1.165) is 23.8 Å². The molecular weight excluding hydrogens is 335 g/mol. The minimum absolute atomic E-state index is 0. The van der Waals surface area contributed by atoms with Crippen LogP contribution in [0.15, 0.2) is 28.8 Å². The van der Waals surface area contributed by atoms with Gasteiger partial charge in [-0.3, -0.25) is 10.00 Å². The molecule has 0 aliphatic carbocycles. The van der Waals surface area contributed by atoms with Crippen LogP contribution in [0.2, 0.25) is 0 Å². The summed E-state index contributed by atoms with van der Waals surface area (Å²) >= 11 is 0. The maximum Gasteiger partial charge on any atom is 0.152 e. The number of hydrogen-bond acceptors (Lipinski definition) is 4. The first kappa shape index (κ1) is 18.3. The number of nitrogens with one attached hydrogen (secondary N) is 2. The summed E-state index contributed by atoms with van der Waals surface area (Å²) in [6, 6.07) is 6.05. The van der Waals surface area contributed by atoms with E-state index in [-0.39, 0.29) is 24.8 Å². The van der Waals surface area contributed by atoms with E-state index in [2.05, 4.69) is 26.5 Å². The summed E-state index contributed by atoms with van der Waals surface area (Å²) in [6.45, 7) is 5.69. The van der Waals surface area contributed by atoms with Crippen LogP contribution >= 0.6 is 24.8 Å². The maximum absolute atomic E-state index is 5.94. The van der Waals surface area contributed by atoms with Gasteiger partial charge < -0.3 is 9.73 Å². The molecule has 0 aromatic carbocycles. The van der Waals surface area contributed by atoms with Crippen molar-refractivity contribution in [2.75, 3.05) is 26.2 Å². The van der Waals surface area contributed by atoms with Crippen LogP contribution in [0.1, 0.15) is 25.0 Å². The number of H-pyrrole nitrogens is 1. The number of likely N-dealkylation sites (tertiary alicyclic amines) is 1. The molecular formula is C16H24Cl2N4O. The molecule has 2 aromatic heterocycles. The Kier molecular flexibility index (Phi) is 6.14. The monoisotopic (exact) mass is 358 g/mol. The Labute approximate surface area is 149 Å². The molecule has 2 aliphatic rings. The van der Waals surface area contributed by atoms with Crippen LogP contribution in [0.5, 0.6) is 0 Å². The molecule has 2 N–H and O–H groups in total. The van der Waals surface area contributed by atoms with Crippen LogP contribution < -0.4 is 5.32 Å². The van der Waals surface area contributed by atoms with Crippen molar-refractivity contribution >= 4 is 24.8 Å². The van der Waals surface area contributed by atoms with Crippen molar-refractivity contribution in [1.82, 2.24) is 20.4 Å². The van der Waals surface area contributed by atoms with E-state index in [4.69, 9.17) is 4.42 Å². The summed E-state index contributed by atoms with van der Waals surface area (Å²) in [5.41, 5.74) is 1.50. The van der Waals surface area contributed by atoms with Crippen LogP contribution in [-0.2, 0) is 6.54 Å². The van der Waals surface area contributed by atoms with Crippen molar-refractivity contribution < 1.29 is 4.42 Å². The highest BCUT2D eigenvalue weighted by Gasteiger charge is 2.38. The van der Waals surface area contributed by atoms with Crippen molar-refractivity contribution in [3.8, 4) is 11.5 Å². The fraction of sp³-hybridized carbons (Fsp3) is 0.562. The minimum Gasteiger partial charge on any atom is -0.458 e. The zero-order valence-corrected chi connectivity index (χ0v) is 14.7. The van der Waals surface area contributed by atoms with Crippen molar-refractivity contribution in [2.45, 2.75) is 25.8 Å². The van der Waals surface area contributed by atoms with Crippen molar-refractivity contribution in [1.29, 1.82) is 0 Å². The van der Waals surface area contributed by atoms with Crippen molar-refractivity contribution in [2.24, 2.45) is 5.41 Å². The van der Waals surface area contributed by atoms with Crippen LogP contribution in [0.25, 0.3) is 11.5 Å². The molecule has 4 rings (SSSR count). The highest BCUT2D eigenvalue weighted by Crippen LogP contribution is 2.39. The molecule has 4 heterocycles. The normalized spacial score (nSPS) is 20.2. The number of nitrogens with zero attached hydrogens (tertiary/aromatic N) is 2. The van der Waals surface area contributed by atoms with Crippen LogP contribution in [0.4, 0.5) is 0 Å². The third kappa shape index (κ3) is 3.91. The van der Waals surface area contributed by atoms with Gasteiger partial charge in [-0.1, -0.05) is 0 Å². The second-order valence-corrected chi connectivity index (χ2v) is 6.45. The Bertz CT molecular complexity index is 593. The number of rotatable bonds is 3. The van der Waals surface area contributed by atoms with Gasteiger partial charge in [0.2, 0.25) is 0 Å². The lowest BCUT2D eigenvalue weighted by Crippen LogP contribution is -2.38. The number of furan rings is 1. The fourth-order valence-electron chi connectivity index (χ4n) is 3.75. The van der Waals surface area contributed by atoms with Gasteiger partial charge in [-0.25, -0.2) is 0 Å². The molecule has 2 saturated heterocycles. The van der Waals surface area contributed by atoms with E-state index >= 15 is 0 Å². The number of halogens is 2. The average Bonchev–Trinajstić information content (AvgIpc) is 3.22. The Balaban J connectivity index is 0.000000960. The molecule has 23 heavy (non-hydrogen) atoms. The predicted molar refractivity (Wildman–Crippen MR) is 95.2 cm³/mol. The third-order valence-corrected chi connectivity index (χ3v) is 4.99. The van der Waals surface area contributed by atoms with Gasteiger partial charge in [0, 0.05) is 12.7 Å². The summed E-state index contributed by atoms with van der Waals surface area (Å²) in [6.07, 6.45) is 5.73. The SMILES string of the molecule is Cl.Cl.c1cc(-c2ccc(CN3CCC4(CCNCC4)C3)o2)[nH]n1. The lowest BCUT2D eigenvalue weighted by molar-refractivity contribution is 0.189. The van der Waals surface area contributed by atoms with Gasteiger partial charge in [0.15, 0.2) is 5.76 Å². The Morgan fingerprint density at radius 2 is 1.96 bits per heavy atom. The number of aromatic nitrogens is 2. The largest absolute Gasteiger partial charge is 0.458 e. The number of piperidine rings is 1. The molecule has 0 atom stereocenters. The summed E-state index contributed by atoms with van der Waals surface area (Å²) in [7, 11) is 0. The number of aromatic amines is 1. The molecule has 0 amide bonds. The van der Waals surface area contributed by atoms with E-state index in [1.54, 1.807) is 6.20 Å². The fourth-order valence-corrected chi connectivity index (χ4v) is 3.75. The van der Waals surface area contributed by atoms with Gasteiger partial charge in [0.05, 0.1) is 6.54 Å². The van der Waals surface area contributed by atoms with Gasteiger partial charge in [0.25, 0.3) is 0 Å². The van der Waals surface area contributed by atoms with Crippen LogP contribution in [0, 0.1) is 5.41 Å². The van der Waals surface area contributed by atoms with E-state index in [1.165, 1.54) is 45.4 Å². The van der Waals surface area contributed by atoms with Gasteiger partial charge in [-0.15, -0.1) is 24.8 Å². The highest BCUT2D eigenvalue weighted by molar-refractivity contribution is 5.85. The highest BCUT2D eigenvalue weighted by atomic mass is 35.5. The molecule has 1 spiro atoms. The van der Waals surface area contributed by atoms with Crippen LogP contribution in [-0.4, -0.2) is 41.3 Å². The zero-order valence-electron chi connectivity index (χ0n) is 13.1. The molecule has 0 saturated carbocycles. The summed E-state index contributed by atoms with van der Waals surface area (Å²) < 4.78 is 5.94. The smallest absolute Gasteiger partial charge is 0.152 e. The molecule has 0 radical (unpaired) electrons.